The second-order valence-corrected chi connectivity index (χ2v) is 7.38. The zero-order valence-corrected chi connectivity index (χ0v) is 19.3. The molecule has 0 spiro atoms. The predicted molar refractivity (Wildman–Crippen MR) is 139 cm³/mol. The van der Waals surface area contributed by atoms with Gasteiger partial charge in [-0.05, 0) is 42.9 Å². The number of para-hydroxylation sites is 1. The molecule has 4 aromatic rings. The van der Waals surface area contributed by atoms with Crippen molar-refractivity contribution in [3.63, 3.8) is 0 Å². The summed E-state index contributed by atoms with van der Waals surface area (Å²) >= 11 is 0. The van der Waals surface area contributed by atoms with Crippen molar-refractivity contribution in [2.75, 3.05) is 0 Å². The molecule has 2 aromatic heterocycles. The number of benzene rings is 2. The maximum absolute atomic E-state index is 5.73. The first-order valence-corrected chi connectivity index (χ1v) is 11.4. The summed E-state index contributed by atoms with van der Waals surface area (Å²) in [5, 5.41) is 4.55. The Kier molecular flexibility index (Phi) is 7.04. The first-order valence-electron chi connectivity index (χ1n) is 11.4. The van der Waals surface area contributed by atoms with Gasteiger partial charge in [0, 0.05) is 23.2 Å². The number of hydrogen-bond acceptors (Lipinski definition) is 2. The van der Waals surface area contributed by atoms with Crippen LogP contribution in [0.15, 0.2) is 89.0 Å². The van der Waals surface area contributed by atoms with Crippen molar-refractivity contribution in [2.24, 2.45) is 7.05 Å². The third-order valence-corrected chi connectivity index (χ3v) is 5.38. The van der Waals surface area contributed by atoms with Crippen LogP contribution in [0.25, 0.3) is 46.7 Å². The SMILES string of the molecule is C1=CCC=c2c(oc3ccccc23)=C1.CC.Cn1c(-c2ccccc2)nc2c1=CC=C=CC=2. The Bertz CT molecular complexity index is 1590. The zero-order valence-electron chi connectivity index (χ0n) is 19.3. The third kappa shape index (κ3) is 4.74. The fourth-order valence-corrected chi connectivity index (χ4v) is 3.85. The van der Waals surface area contributed by atoms with Gasteiger partial charge in [-0.25, -0.2) is 4.98 Å². The summed E-state index contributed by atoms with van der Waals surface area (Å²) in [5.41, 5.74) is 6.13. The molecule has 0 saturated carbocycles. The maximum atomic E-state index is 5.73. The van der Waals surface area contributed by atoms with Gasteiger partial charge in [-0.2, -0.15) is 0 Å². The van der Waals surface area contributed by atoms with Crippen LogP contribution in [0.1, 0.15) is 20.3 Å². The van der Waals surface area contributed by atoms with Gasteiger partial charge >= 0.3 is 0 Å². The summed E-state index contributed by atoms with van der Waals surface area (Å²) in [5.74, 6) is 0.992. The second-order valence-electron chi connectivity index (χ2n) is 7.38. The van der Waals surface area contributed by atoms with Gasteiger partial charge in [0.05, 0.1) is 10.7 Å². The van der Waals surface area contributed by atoms with Crippen LogP contribution in [0, 0.1) is 0 Å². The molecule has 0 aliphatic heterocycles. The van der Waals surface area contributed by atoms with E-state index in [1.54, 1.807) is 0 Å². The van der Waals surface area contributed by atoms with Crippen molar-refractivity contribution in [1.82, 2.24) is 9.55 Å². The lowest BCUT2D eigenvalue weighted by molar-refractivity contribution is 0.576. The second kappa shape index (κ2) is 10.5. The van der Waals surface area contributed by atoms with E-state index < -0.39 is 0 Å². The summed E-state index contributed by atoms with van der Waals surface area (Å²) in [6.45, 7) is 4.00. The zero-order chi connectivity index (χ0) is 23.0. The third-order valence-electron chi connectivity index (χ3n) is 5.38. The van der Waals surface area contributed by atoms with Crippen LogP contribution < -0.4 is 21.3 Å². The summed E-state index contributed by atoms with van der Waals surface area (Å²) in [7, 11) is 2.04. The highest BCUT2D eigenvalue weighted by Crippen LogP contribution is 2.12. The molecule has 33 heavy (non-hydrogen) atoms. The molecule has 0 fully saturated rings. The Balaban J connectivity index is 0.000000148. The van der Waals surface area contributed by atoms with Crippen LogP contribution in [0.5, 0.6) is 0 Å². The molecule has 0 bridgehead atoms. The number of imidazole rings is 1. The molecule has 0 radical (unpaired) electrons. The van der Waals surface area contributed by atoms with Gasteiger partial charge in [-0.15, -0.1) is 5.73 Å². The number of furan rings is 1. The van der Waals surface area contributed by atoms with E-state index in [1.807, 2.05) is 93.7 Å². The summed E-state index contributed by atoms with van der Waals surface area (Å²) < 4.78 is 7.84. The van der Waals surface area contributed by atoms with Gasteiger partial charge in [0.2, 0.25) is 0 Å². The number of rotatable bonds is 1. The summed E-state index contributed by atoms with van der Waals surface area (Å²) in [6, 6.07) is 18.4. The normalized spacial score (nSPS) is 12.7. The minimum absolute atomic E-state index is 0.972. The van der Waals surface area contributed by atoms with Crippen molar-refractivity contribution in [3.8, 4) is 11.4 Å². The molecule has 0 atom stereocenters. The molecule has 2 heterocycles. The topological polar surface area (TPSA) is 31.0 Å². The highest BCUT2D eigenvalue weighted by molar-refractivity contribution is 5.79. The Morgan fingerprint density at radius 2 is 1.67 bits per heavy atom. The van der Waals surface area contributed by atoms with Crippen LogP contribution in [0.2, 0.25) is 0 Å². The van der Waals surface area contributed by atoms with Gasteiger partial charge in [-0.3, -0.25) is 0 Å². The minimum Gasteiger partial charge on any atom is -0.456 e. The molecule has 0 unspecified atom stereocenters. The molecule has 0 N–H and O–H groups in total. The lowest BCUT2D eigenvalue weighted by atomic mass is 10.2. The average Bonchev–Trinajstić information content (AvgIpc) is 3.14. The minimum atomic E-state index is 0.972. The lowest BCUT2D eigenvalue weighted by Gasteiger charge is -2.00. The van der Waals surface area contributed by atoms with Crippen molar-refractivity contribution >= 4 is 35.3 Å². The molecule has 0 amide bonds. The maximum Gasteiger partial charge on any atom is 0.140 e. The highest BCUT2D eigenvalue weighted by atomic mass is 16.3. The number of nitrogens with zero attached hydrogens (tertiary/aromatic N) is 2. The first kappa shape index (κ1) is 22.1. The van der Waals surface area contributed by atoms with Crippen molar-refractivity contribution in [1.29, 1.82) is 0 Å². The molecular formula is C30H28N2O. The van der Waals surface area contributed by atoms with Gasteiger partial charge in [0.1, 0.15) is 16.8 Å². The van der Waals surface area contributed by atoms with Crippen LogP contribution in [-0.4, -0.2) is 9.55 Å². The fraction of sp³-hybridized carbons (Fsp3) is 0.133. The summed E-state index contributed by atoms with van der Waals surface area (Å²) in [4.78, 5) is 4.67. The Hall–Kier alpha value is -4.07. The smallest absolute Gasteiger partial charge is 0.140 e. The van der Waals surface area contributed by atoms with Gasteiger partial charge in [0.15, 0.2) is 0 Å². The first-order chi connectivity index (χ1) is 16.3. The van der Waals surface area contributed by atoms with E-state index in [2.05, 4.69) is 45.6 Å². The van der Waals surface area contributed by atoms with Crippen molar-refractivity contribution in [2.45, 2.75) is 20.3 Å². The number of aromatic nitrogens is 2. The fourth-order valence-electron chi connectivity index (χ4n) is 3.85. The van der Waals surface area contributed by atoms with Crippen LogP contribution >= 0.6 is 0 Å². The number of hydrogen-bond donors (Lipinski definition) is 0. The predicted octanol–water partition coefficient (Wildman–Crippen LogP) is 4.35. The number of fused-ring (bicyclic) bond motifs is 4. The molecule has 3 nitrogen and oxygen atoms in total. The lowest BCUT2D eigenvalue weighted by Crippen LogP contribution is -2.27. The van der Waals surface area contributed by atoms with E-state index in [0.29, 0.717) is 0 Å². The highest BCUT2D eigenvalue weighted by Gasteiger charge is 2.06. The molecule has 6 rings (SSSR count). The summed E-state index contributed by atoms with van der Waals surface area (Å²) in [6.07, 6.45) is 17.2. The molecule has 2 aliphatic carbocycles. The monoisotopic (exact) mass is 432 g/mol. The Morgan fingerprint density at radius 1 is 0.909 bits per heavy atom. The van der Waals surface area contributed by atoms with Crippen LogP contribution in [-0.2, 0) is 7.05 Å². The molecule has 0 saturated heterocycles. The molecule has 2 aromatic carbocycles. The van der Waals surface area contributed by atoms with E-state index in [1.165, 1.54) is 10.6 Å². The van der Waals surface area contributed by atoms with E-state index in [-0.39, 0.29) is 0 Å². The van der Waals surface area contributed by atoms with Gasteiger partial charge in [0.25, 0.3) is 0 Å². The largest absolute Gasteiger partial charge is 0.456 e. The Morgan fingerprint density at radius 3 is 2.52 bits per heavy atom. The molecule has 3 heteroatoms. The number of allylic oxidation sites excluding steroid dienone is 3. The van der Waals surface area contributed by atoms with Crippen LogP contribution in [0.4, 0.5) is 0 Å². The van der Waals surface area contributed by atoms with E-state index in [0.717, 1.165) is 39.5 Å². The van der Waals surface area contributed by atoms with Crippen LogP contribution in [0.3, 0.4) is 0 Å². The Labute approximate surface area is 194 Å². The quantitative estimate of drug-likeness (QED) is 0.419. The molecule has 2 aliphatic rings. The molecule has 164 valence electrons. The standard InChI is InChI=1S/C15H12N2.C13H10O.C2H6/c1-17-14-11-7-3-6-10-13(14)16-15(17)12-8-4-2-5-9-12;1-2-6-10-11-7-4-5-9-13(11)14-12(10)8-3-1;1-2/h2,4-11H,1H3;1,3-9H,2H2;1-2H3. The van der Waals surface area contributed by atoms with Crippen molar-refractivity contribution in [3.05, 3.63) is 106 Å². The van der Waals surface area contributed by atoms with Crippen molar-refractivity contribution < 1.29 is 4.42 Å². The van der Waals surface area contributed by atoms with Gasteiger partial charge < -0.3 is 8.98 Å². The van der Waals surface area contributed by atoms with E-state index in [4.69, 9.17) is 4.42 Å². The van der Waals surface area contributed by atoms with Gasteiger partial charge in [-0.1, -0.05) is 80.6 Å². The molecular weight excluding hydrogens is 404 g/mol. The average molecular weight is 433 g/mol. The van der Waals surface area contributed by atoms with E-state index in [9.17, 15) is 0 Å². The van der Waals surface area contributed by atoms with E-state index >= 15 is 0 Å².